The van der Waals surface area contributed by atoms with Gasteiger partial charge in [0.25, 0.3) is 5.91 Å². The summed E-state index contributed by atoms with van der Waals surface area (Å²) in [7, 11) is 1.40. The van der Waals surface area contributed by atoms with E-state index in [1.54, 1.807) is 54.6 Å². The minimum atomic E-state index is -1.06. The predicted molar refractivity (Wildman–Crippen MR) is 128 cm³/mol. The third-order valence-corrected chi connectivity index (χ3v) is 4.88. The molecule has 3 amide bonds. The molecule has 0 unspecified atom stereocenters. The fourth-order valence-electron chi connectivity index (χ4n) is 2.72. The maximum atomic E-state index is 12.7. The van der Waals surface area contributed by atoms with E-state index in [4.69, 9.17) is 4.74 Å². The van der Waals surface area contributed by atoms with E-state index in [1.165, 1.54) is 25.5 Å². The lowest BCUT2D eigenvalue weighted by molar-refractivity contribution is -0.136. The summed E-state index contributed by atoms with van der Waals surface area (Å²) in [5.41, 5.74) is 3.25. The maximum Gasteiger partial charge on any atom is 0.329 e. The summed E-state index contributed by atoms with van der Waals surface area (Å²) in [5.74, 6) is -2.46. The fourth-order valence-corrected chi connectivity index (χ4v) is 2.98. The Morgan fingerprint density at radius 2 is 1.67 bits per heavy atom. The number of carbonyl (C=O) groups excluding carboxylic acids is 3. The molecule has 0 aromatic heterocycles. The first kappa shape index (κ1) is 23.5. The number of phenolic OH excluding ortho intramolecular Hbond substituents is 1. The number of rotatable bonds is 6. The second kappa shape index (κ2) is 10.9. The summed E-state index contributed by atoms with van der Waals surface area (Å²) < 4.78 is 5.86. The van der Waals surface area contributed by atoms with Gasteiger partial charge in [-0.05, 0) is 48.5 Å². The lowest BCUT2D eigenvalue weighted by atomic mass is 10.1. The Bertz CT molecular complexity index is 1210. The Balaban J connectivity index is 1.65. The van der Waals surface area contributed by atoms with Crippen LogP contribution in [-0.2, 0) is 9.59 Å². The van der Waals surface area contributed by atoms with E-state index in [0.29, 0.717) is 5.69 Å². The fraction of sp³-hybridized carbons (Fsp3) is 0.0435. The summed E-state index contributed by atoms with van der Waals surface area (Å²) >= 11 is 3.32. The Morgan fingerprint density at radius 1 is 0.939 bits per heavy atom. The molecule has 4 N–H and O–H groups in total. The van der Waals surface area contributed by atoms with Crippen LogP contribution in [0.2, 0.25) is 0 Å². The molecule has 0 fully saturated rings. The summed E-state index contributed by atoms with van der Waals surface area (Å²) in [4.78, 5) is 37.1. The van der Waals surface area contributed by atoms with Gasteiger partial charge in [0.2, 0.25) is 0 Å². The molecule has 0 atom stereocenters. The van der Waals surface area contributed by atoms with Gasteiger partial charge in [-0.15, -0.1) is 0 Å². The molecule has 3 aromatic carbocycles. The number of para-hydroxylation sites is 2. The average Bonchev–Trinajstić information content (AvgIpc) is 2.81. The van der Waals surface area contributed by atoms with E-state index in [9.17, 15) is 19.5 Å². The van der Waals surface area contributed by atoms with E-state index < -0.39 is 17.7 Å². The number of carbonyl (C=O) groups is 3. The highest BCUT2D eigenvalue weighted by atomic mass is 79.9. The second-order valence-electron chi connectivity index (χ2n) is 6.56. The minimum Gasteiger partial charge on any atom is -0.504 e. The number of hydrazone groups is 1. The molecule has 0 aliphatic carbocycles. The van der Waals surface area contributed by atoms with Crippen LogP contribution in [-0.4, -0.2) is 36.2 Å². The van der Waals surface area contributed by atoms with Gasteiger partial charge in [-0.1, -0.05) is 34.1 Å². The van der Waals surface area contributed by atoms with E-state index in [-0.39, 0.29) is 28.3 Å². The van der Waals surface area contributed by atoms with Gasteiger partial charge in [-0.25, -0.2) is 5.43 Å². The van der Waals surface area contributed by atoms with Crippen molar-refractivity contribution in [3.8, 4) is 11.5 Å². The molecule has 9 nitrogen and oxygen atoms in total. The molecular formula is C23H19BrN4O5. The molecule has 0 bridgehead atoms. The van der Waals surface area contributed by atoms with Gasteiger partial charge in [0.05, 0.1) is 24.6 Å². The Morgan fingerprint density at radius 3 is 2.39 bits per heavy atom. The van der Waals surface area contributed by atoms with Gasteiger partial charge in [0, 0.05) is 15.7 Å². The quantitative estimate of drug-likeness (QED) is 0.229. The molecule has 0 saturated carbocycles. The molecule has 10 heteroatoms. The zero-order valence-electron chi connectivity index (χ0n) is 17.3. The molecule has 0 spiro atoms. The normalized spacial score (nSPS) is 10.5. The third-order valence-electron chi connectivity index (χ3n) is 4.35. The van der Waals surface area contributed by atoms with Crippen molar-refractivity contribution in [2.75, 3.05) is 17.7 Å². The molecule has 168 valence electrons. The zero-order valence-corrected chi connectivity index (χ0v) is 18.9. The highest BCUT2D eigenvalue weighted by molar-refractivity contribution is 9.10. The summed E-state index contributed by atoms with van der Waals surface area (Å²) in [6, 6.07) is 18.0. The van der Waals surface area contributed by atoms with Gasteiger partial charge in [-0.2, -0.15) is 5.10 Å². The first-order valence-corrected chi connectivity index (χ1v) is 10.3. The van der Waals surface area contributed by atoms with Crippen molar-refractivity contribution < 1.29 is 24.2 Å². The van der Waals surface area contributed by atoms with Crippen LogP contribution in [0.5, 0.6) is 11.5 Å². The molecule has 3 rings (SSSR count). The Hall–Kier alpha value is -4.18. The van der Waals surface area contributed by atoms with Crippen molar-refractivity contribution in [1.82, 2.24) is 5.43 Å². The molecule has 0 aliphatic rings. The van der Waals surface area contributed by atoms with E-state index in [0.717, 1.165) is 4.47 Å². The minimum absolute atomic E-state index is 0.154. The van der Waals surface area contributed by atoms with Crippen LogP contribution >= 0.6 is 15.9 Å². The summed E-state index contributed by atoms with van der Waals surface area (Å²) in [6.07, 6.45) is 1.17. The number of amides is 3. The number of nitrogens with one attached hydrogen (secondary N) is 3. The molecule has 0 radical (unpaired) electrons. The molecule has 3 aromatic rings. The molecular weight excluding hydrogens is 492 g/mol. The van der Waals surface area contributed by atoms with Gasteiger partial charge in [0.1, 0.15) is 0 Å². The number of hydrogen-bond donors (Lipinski definition) is 4. The first-order chi connectivity index (χ1) is 15.9. The summed E-state index contributed by atoms with van der Waals surface area (Å²) in [6.45, 7) is 0. The SMILES string of the molecule is COc1cccc(C=NNC(=O)C(=O)Nc2ccccc2C(=O)Nc2ccc(Br)cc2)c1O. The number of aromatic hydroxyl groups is 1. The van der Waals surface area contributed by atoms with Crippen LogP contribution in [0.4, 0.5) is 11.4 Å². The standard InChI is InChI=1S/C23H19BrN4O5/c1-33-19-8-4-5-14(20(19)29)13-25-28-23(32)22(31)27-18-7-3-2-6-17(18)21(30)26-16-11-9-15(24)10-12-16/h2-13,29H,1H3,(H,26,30)(H,27,31)(H,28,32). The lowest BCUT2D eigenvalue weighted by Crippen LogP contribution is -2.33. The number of anilines is 2. The van der Waals surface area contributed by atoms with Gasteiger partial charge in [0.15, 0.2) is 11.5 Å². The van der Waals surface area contributed by atoms with Gasteiger partial charge in [-0.3, -0.25) is 14.4 Å². The topological polar surface area (TPSA) is 129 Å². The Kier molecular flexibility index (Phi) is 7.77. The number of methoxy groups -OCH3 is 1. The lowest BCUT2D eigenvalue weighted by Gasteiger charge is -2.11. The summed E-state index contributed by atoms with van der Waals surface area (Å²) in [5, 5.41) is 18.8. The van der Waals surface area contributed by atoms with Crippen molar-refractivity contribution >= 4 is 51.2 Å². The number of nitrogens with zero attached hydrogens (tertiary/aromatic N) is 1. The number of benzene rings is 3. The number of ether oxygens (including phenoxy) is 1. The van der Waals surface area contributed by atoms with Crippen LogP contribution < -0.4 is 20.8 Å². The molecule has 0 saturated heterocycles. The highest BCUT2D eigenvalue weighted by Crippen LogP contribution is 2.27. The first-order valence-electron chi connectivity index (χ1n) is 9.55. The number of hydrogen-bond acceptors (Lipinski definition) is 6. The molecule has 0 aliphatic heterocycles. The van der Waals surface area contributed by atoms with E-state index in [2.05, 4.69) is 37.1 Å². The van der Waals surface area contributed by atoms with Crippen molar-refractivity contribution in [3.63, 3.8) is 0 Å². The smallest absolute Gasteiger partial charge is 0.329 e. The van der Waals surface area contributed by atoms with Crippen LogP contribution in [0.1, 0.15) is 15.9 Å². The van der Waals surface area contributed by atoms with Crippen LogP contribution in [0.3, 0.4) is 0 Å². The van der Waals surface area contributed by atoms with Crippen molar-refractivity contribution in [2.24, 2.45) is 5.10 Å². The van der Waals surface area contributed by atoms with Crippen LogP contribution in [0.15, 0.2) is 76.3 Å². The van der Waals surface area contributed by atoms with Crippen molar-refractivity contribution in [3.05, 3.63) is 82.3 Å². The number of halogens is 1. The van der Waals surface area contributed by atoms with Crippen molar-refractivity contribution in [2.45, 2.75) is 0 Å². The molecule has 33 heavy (non-hydrogen) atoms. The maximum absolute atomic E-state index is 12.7. The highest BCUT2D eigenvalue weighted by Gasteiger charge is 2.18. The molecule has 0 heterocycles. The zero-order chi connectivity index (χ0) is 23.8. The van der Waals surface area contributed by atoms with Crippen molar-refractivity contribution in [1.29, 1.82) is 0 Å². The van der Waals surface area contributed by atoms with Gasteiger partial charge < -0.3 is 20.5 Å². The number of phenols is 1. The second-order valence-corrected chi connectivity index (χ2v) is 7.47. The van der Waals surface area contributed by atoms with Gasteiger partial charge >= 0.3 is 11.8 Å². The third kappa shape index (κ3) is 6.17. The largest absolute Gasteiger partial charge is 0.504 e. The Labute approximate surface area is 197 Å². The monoisotopic (exact) mass is 510 g/mol. The van der Waals surface area contributed by atoms with E-state index >= 15 is 0 Å². The average molecular weight is 511 g/mol. The predicted octanol–water partition coefficient (Wildman–Crippen LogP) is 3.50. The van der Waals surface area contributed by atoms with E-state index in [1.807, 2.05) is 0 Å². The van der Waals surface area contributed by atoms with Crippen LogP contribution in [0, 0.1) is 0 Å². The van der Waals surface area contributed by atoms with Crippen LogP contribution in [0.25, 0.3) is 0 Å².